The van der Waals surface area contributed by atoms with Gasteiger partial charge in [0.25, 0.3) is 5.91 Å². The van der Waals surface area contributed by atoms with E-state index in [-0.39, 0.29) is 19.4 Å². The molecule has 0 bridgehead atoms. The number of pyridine rings is 1. The molecular formula is C40H55N5O10S. The van der Waals surface area contributed by atoms with Gasteiger partial charge in [-0.05, 0) is 92.2 Å². The summed E-state index contributed by atoms with van der Waals surface area (Å²) >= 11 is 0. The van der Waals surface area contributed by atoms with Crippen molar-refractivity contribution in [1.29, 1.82) is 0 Å². The van der Waals surface area contributed by atoms with Crippen LogP contribution in [0, 0.1) is 12.8 Å². The molecule has 3 N–H and O–H groups in total. The molecule has 4 aliphatic rings. The molecular weight excluding hydrogens is 743 g/mol. The topological polar surface area (TPSA) is 192 Å². The van der Waals surface area contributed by atoms with E-state index >= 15 is 0 Å². The van der Waals surface area contributed by atoms with Crippen LogP contribution in [0.1, 0.15) is 98.0 Å². The van der Waals surface area contributed by atoms with Gasteiger partial charge >= 0.3 is 6.09 Å². The molecule has 2 aliphatic carbocycles. The van der Waals surface area contributed by atoms with Crippen LogP contribution in [0.3, 0.4) is 0 Å². The smallest absolute Gasteiger partial charge is 0.408 e. The van der Waals surface area contributed by atoms with Crippen LogP contribution in [0.2, 0.25) is 0 Å². The van der Waals surface area contributed by atoms with Gasteiger partial charge in [0.05, 0.1) is 30.5 Å². The highest BCUT2D eigenvalue weighted by Crippen LogP contribution is 2.47. The summed E-state index contributed by atoms with van der Waals surface area (Å²) in [4.78, 5) is 62.1. The lowest BCUT2D eigenvalue weighted by Crippen LogP contribution is -2.58. The summed E-state index contributed by atoms with van der Waals surface area (Å²) in [7, 11) is -2.43. The fourth-order valence-electron chi connectivity index (χ4n) is 7.47. The fraction of sp³-hybridized carbons (Fsp3) is 0.625. The number of hydrogen-bond acceptors (Lipinski definition) is 11. The molecule has 1 aromatic heterocycles. The standard InChI is InChI=1S/C40H55N5O10S/c1-8-53-32-21-31(27-16-17-30(52-7)24(2)33(27)42-32)54-26-20-29-34(46)43-40(36(48)44-56(50,51)39(6)18-19-39)22-25(40)14-12-10-9-11-13-15-28(35(47)45(29)23-26)41-37(49)55-38(3,4)5/h12,14,16-17,21,25-26,28-29H,8-11,13,15,18-20,22-23H2,1-7H3,(H,41,49)(H,43,46)(H,44,48)/b14-12-/t25-,26-,28+,29+,40-/m1/s1. The molecule has 2 aliphatic heterocycles. The number of alkyl carbamates (subject to hydrolysis) is 1. The number of rotatable bonds is 9. The first-order valence-corrected chi connectivity index (χ1v) is 21.0. The van der Waals surface area contributed by atoms with Gasteiger partial charge in [-0.2, -0.15) is 0 Å². The predicted molar refractivity (Wildman–Crippen MR) is 208 cm³/mol. The molecule has 6 rings (SSSR count). The Labute approximate surface area is 328 Å². The maximum Gasteiger partial charge on any atom is 0.408 e. The first kappa shape index (κ1) is 41.0. The van der Waals surface area contributed by atoms with Crippen molar-refractivity contribution in [1.82, 2.24) is 25.2 Å². The monoisotopic (exact) mass is 797 g/mol. The van der Waals surface area contributed by atoms with E-state index in [1.165, 1.54) is 4.90 Å². The summed E-state index contributed by atoms with van der Waals surface area (Å²) < 4.78 is 51.1. The van der Waals surface area contributed by atoms with Crippen molar-refractivity contribution in [3.05, 3.63) is 35.9 Å². The van der Waals surface area contributed by atoms with Crippen LogP contribution in [-0.2, 0) is 29.1 Å². The van der Waals surface area contributed by atoms with Gasteiger partial charge in [0, 0.05) is 29.4 Å². The van der Waals surface area contributed by atoms with Crippen LogP contribution in [0.25, 0.3) is 10.9 Å². The predicted octanol–water partition coefficient (Wildman–Crippen LogP) is 4.59. The number of allylic oxidation sites excluding steroid dienone is 1. The summed E-state index contributed by atoms with van der Waals surface area (Å²) in [6.07, 6.45) is 6.58. The molecule has 4 amide bonds. The number of nitrogens with zero attached hydrogens (tertiary/aromatic N) is 2. The first-order valence-electron chi connectivity index (χ1n) is 19.5. The Morgan fingerprint density at radius 2 is 1.86 bits per heavy atom. The van der Waals surface area contributed by atoms with E-state index in [2.05, 4.69) is 20.3 Å². The summed E-state index contributed by atoms with van der Waals surface area (Å²) in [5.74, 6) is -0.998. The second-order valence-electron chi connectivity index (χ2n) is 16.6. The molecule has 56 heavy (non-hydrogen) atoms. The number of fused-ring (bicyclic) bond motifs is 3. The second-order valence-corrected chi connectivity index (χ2v) is 18.8. The van der Waals surface area contributed by atoms with Crippen LogP contribution in [0.4, 0.5) is 4.79 Å². The molecule has 3 heterocycles. The molecule has 15 nitrogen and oxygen atoms in total. The van der Waals surface area contributed by atoms with Crippen LogP contribution >= 0.6 is 0 Å². The third-order valence-electron chi connectivity index (χ3n) is 11.1. The van der Waals surface area contributed by atoms with Gasteiger partial charge in [-0.15, -0.1) is 0 Å². The highest BCUT2D eigenvalue weighted by atomic mass is 32.2. The summed E-state index contributed by atoms with van der Waals surface area (Å²) in [5.41, 5.74) is -0.970. The summed E-state index contributed by atoms with van der Waals surface area (Å²) in [6.45, 7) is 10.8. The number of benzene rings is 1. The van der Waals surface area contributed by atoms with Crippen molar-refractivity contribution < 1.29 is 46.5 Å². The molecule has 5 atom stereocenters. The summed E-state index contributed by atoms with van der Waals surface area (Å²) in [6, 6.07) is 3.16. The normalized spacial score (nSPS) is 27.0. The lowest BCUT2D eigenvalue weighted by molar-refractivity contribution is -0.141. The van der Waals surface area contributed by atoms with E-state index in [0.717, 1.165) is 18.4 Å². The molecule has 0 radical (unpaired) electrons. The number of aromatic nitrogens is 1. The Bertz CT molecular complexity index is 2010. The number of nitrogens with one attached hydrogen (secondary N) is 3. The SMILES string of the molecule is CCOc1cc(O[C@@H]2C[C@H]3C(=O)N[C@]4(C(=O)NS(=O)(=O)C5(C)CC5)C[C@H]4/C=C\CCCCC[C@H](NC(=O)OC(C)(C)C)C(=O)N3C2)c2ccc(OC)c(C)c2n1. The molecule has 1 aromatic carbocycles. The minimum Gasteiger partial charge on any atom is -0.496 e. The Balaban J connectivity index is 1.35. The van der Waals surface area contributed by atoms with Gasteiger partial charge in [-0.3, -0.25) is 19.1 Å². The van der Waals surface area contributed by atoms with Gasteiger partial charge < -0.3 is 34.5 Å². The van der Waals surface area contributed by atoms with Crippen molar-refractivity contribution in [2.24, 2.45) is 5.92 Å². The van der Waals surface area contributed by atoms with E-state index in [1.54, 1.807) is 40.9 Å². The highest BCUT2D eigenvalue weighted by molar-refractivity contribution is 7.91. The molecule has 0 unspecified atom stereocenters. The quantitative estimate of drug-likeness (QED) is 0.301. The molecule has 2 saturated carbocycles. The maximum absolute atomic E-state index is 14.6. The van der Waals surface area contributed by atoms with E-state index in [9.17, 15) is 27.6 Å². The largest absolute Gasteiger partial charge is 0.496 e. The average Bonchev–Trinajstić information content (AvgIpc) is 4.00. The average molecular weight is 798 g/mol. The molecule has 306 valence electrons. The first-order chi connectivity index (χ1) is 26.4. The third-order valence-corrected chi connectivity index (χ3v) is 13.3. The Hall–Kier alpha value is -4.60. The van der Waals surface area contributed by atoms with Crippen molar-refractivity contribution in [2.75, 3.05) is 20.3 Å². The van der Waals surface area contributed by atoms with Crippen molar-refractivity contribution >= 4 is 44.7 Å². The van der Waals surface area contributed by atoms with Crippen molar-refractivity contribution in [2.45, 2.75) is 133 Å². The van der Waals surface area contributed by atoms with E-state index in [0.29, 0.717) is 67.0 Å². The maximum atomic E-state index is 14.6. The molecule has 16 heteroatoms. The number of sulfonamides is 1. The van der Waals surface area contributed by atoms with Crippen LogP contribution in [0.5, 0.6) is 17.4 Å². The number of amides is 4. The van der Waals surface area contributed by atoms with Crippen LogP contribution < -0.4 is 29.6 Å². The molecule has 1 saturated heterocycles. The Kier molecular flexibility index (Phi) is 11.5. The van der Waals surface area contributed by atoms with Gasteiger partial charge in [-0.25, -0.2) is 18.2 Å². The zero-order valence-corrected chi connectivity index (χ0v) is 34.2. The van der Waals surface area contributed by atoms with Gasteiger partial charge in [-0.1, -0.05) is 25.0 Å². The second kappa shape index (κ2) is 15.7. The van der Waals surface area contributed by atoms with Gasteiger partial charge in [0.1, 0.15) is 40.8 Å². The fourth-order valence-corrected chi connectivity index (χ4v) is 8.79. The molecule has 3 fully saturated rings. The van der Waals surface area contributed by atoms with Crippen molar-refractivity contribution in [3.8, 4) is 17.4 Å². The Morgan fingerprint density at radius 1 is 1.11 bits per heavy atom. The molecule has 0 spiro atoms. The van der Waals surface area contributed by atoms with E-state index < -0.39 is 73.8 Å². The summed E-state index contributed by atoms with van der Waals surface area (Å²) in [5, 5.41) is 6.32. The minimum atomic E-state index is -4.00. The lowest BCUT2D eigenvalue weighted by Gasteiger charge is -2.30. The zero-order chi connectivity index (χ0) is 40.6. The number of carbonyl (C=O) groups excluding carboxylic acids is 4. The number of methoxy groups -OCH3 is 1. The lowest BCUT2D eigenvalue weighted by atomic mass is 10.0. The van der Waals surface area contributed by atoms with Gasteiger partial charge in [0.15, 0.2) is 0 Å². The number of carbonyl (C=O) groups is 4. The Morgan fingerprint density at radius 3 is 2.54 bits per heavy atom. The third kappa shape index (κ3) is 8.69. The number of hydrogen-bond donors (Lipinski definition) is 3. The van der Waals surface area contributed by atoms with E-state index in [4.69, 9.17) is 18.9 Å². The minimum absolute atomic E-state index is 0.0262. The van der Waals surface area contributed by atoms with Crippen LogP contribution in [0.15, 0.2) is 30.4 Å². The zero-order valence-electron chi connectivity index (χ0n) is 33.4. The van der Waals surface area contributed by atoms with Crippen molar-refractivity contribution in [3.63, 3.8) is 0 Å². The molecule has 2 aromatic rings. The van der Waals surface area contributed by atoms with E-state index in [1.807, 2.05) is 38.1 Å². The number of aryl methyl sites for hydroxylation is 1. The highest BCUT2D eigenvalue weighted by Gasteiger charge is 2.63. The van der Waals surface area contributed by atoms with Gasteiger partial charge in [0.2, 0.25) is 27.7 Å². The number of ether oxygens (including phenoxy) is 4. The van der Waals surface area contributed by atoms with Crippen LogP contribution in [-0.4, -0.2) is 96.5 Å².